The first-order chi connectivity index (χ1) is 4.52. The first kappa shape index (κ1) is 7.14. The molecule has 1 rings (SSSR count). The second-order valence-corrected chi connectivity index (χ2v) is 3.91. The molecule has 0 bridgehead atoms. The van der Waals surface area contributed by atoms with Crippen molar-refractivity contribution in [3.63, 3.8) is 0 Å². The molecule has 1 heterocycles. The quantitative estimate of drug-likeness (QED) is 0.641. The van der Waals surface area contributed by atoms with Crippen LogP contribution in [0.1, 0.15) is 0 Å². The summed E-state index contributed by atoms with van der Waals surface area (Å²) in [5.41, 5.74) is 5.18. The molecule has 0 amide bonds. The van der Waals surface area contributed by atoms with Gasteiger partial charge in [0.05, 0.1) is 6.26 Å². The Hall–Kier alpha value is -0.970. The highest BCUT2D eigenvalue weighted by Crippen LogP contribution is 2.17. The fourth-order valence-electron chi connectivity index (χ4n) is 0.616. The Morgan fingerprint density at radius 1 is 1.60 bits per heavy atom. The van der Waals surface area contributed by atoms with E-state index in [0.29, 0.717) is 0 Å². The summed E-state index contributed by atoms with van der Waals surface area (Å²) >= 11 is 0. The lowest BCUT2D eigenvalue weighted by Gasteiger charge is -1.90. The second kappa shape index (κ2) is 2.02. The molecule has 0 aliphatic carbocycles. The standard InChI is InChI=1S/C5H7NO3S/c1-10(7,8)4-2-3-9-5(4)6/h2-3H,6H2,1H3. The van der Waals surface area contributed by atoms with Crippen LogP contribution in [0.15, 0.2) is 21.6 Å². The number of nitrogen functional groups attached to an aromatic ring is 1. The first-order valence-electron chi connectivity index (χ1n) is 2.55. The second-order valence-electron chi connectivity index (χ2n) is 1.92. The molecule has 0 aliphatic heterocycles. The third-order valence-corrected chi connectivity index (χ3v) is 2.19. The van der Waals surface area contributed by atoms with Crippen LogP contribution in [0.4, 0.5) is 5.88 Å². The van der Waals surface area contributed by atoms with Gasteiger partial charge in [0.15, 0.2) is 9.84 Å². The van der Waals surface area contributed by atoms with Crippen LogP contribution in [-0.4, -0.2) is 14.7 Å². The molecule has 0 spiro atoms. The third kappa shape index (κ3) is 1.13. The van der Waals surface area contributed by atoms with Crippen molar-refractivity contribution in [1.82, 2.24) is 0 Å². The minimum atomic E-state index is -3.21. The summed E-state index contributed by atoms with van der Waals surface area (Å²) < 4.78 is 26.1. The van der Waals surface area contributed by atoms with E-state index >= 15 is 0 Å². The van der Waals surface area contributed by atoms with Crippen molar-refractivity contribution in [2.75, 3.05) is 12.0 Å². The molecule has 1 aromatic rings. The monoisotopic (exact) mass is 161 g/mol. The number of hydrogen-bond acceptors (Lipinski definition) is 4. The number of sulfone groups is 1. The molecule has 0 radical (unpaired) electrons. The maximum atomic E-state index is 10.8. The largest absolute Gasteiger partial charge is 0.448 e. The molecule has 4 nitrogen and oxygen atoms in total. The van der Waals surface area contributed by atoms with Gasteiger partial charge in [-0.25, -0.2) is 8.42 Å². The molecule has 0 aromatic carbocycles. The van der Waals surface area contributed by atoms with Gasteiger partial charge in [0, 0.05) is 6.26 Å². The van der Waals surface area contributed by atoms with Gasteiger partial charge in [-0.1, -0.05) is 0 Å². The maximum Gasteiger partial charge on any atom is 0.208 e. The van der Waals surface area contributed by atoms with Crippen LogP contribution in [0, 0.1) is 0 Å². The van der Waals surface area contributed by atoms with Gasteiger partial charge in [-0.2, -0.15) is 0 Å². The normalized spacial score (nSPS) is 11.7. The van der Waals surface area contributed by atoms with E-state index in [0.717, 1.165) is 6.26 Å². The van der Waals surface area contributed by atoms with Gasteiger partial charge in [0.1, 0.15) is 4.90 Å². The zero-order valence-electron chi connectivity index (χ0n) is 5.37. The molecule has 0 unspecified atom stereocenters. The summed E-state index contributed by atoms with van der Waals surface area (Å²) in [7, 11) is -3.21. The van der Waals surface area contributed by atoms with Crippen LogP contribution in [0.5, 0.6) is 0 Å². The van der Waals surface area contributed by atoms with Crippen molar-refractivity contribution in [2.24, 2.45) is 0 Å². The van der Waals surface area contributed by atoms with Crippen molar-refractivity contribution in [1.29, 1.82) is 0 Å². The lowest BCUT2D eigenvalue weighted by molar-refractivity contribution is 0.577. The Morgan fingerprint density at radius 2 is 2.20 bits per heavy atom. The van der Waals surface area contributed by atoms with Crippen LogP contribution >= 0.6 is 0 Å². The topological polar surface area (TPSA) is 73.3 Å². The number of rotatable bonds is 1. The zero-order chi connectivity index (χ0) is 7.78. The van der Waals surface area contributed by atoms with Gasteiger partial charge >= 0.3 is 0 Å². The molecule has 56 valence electrons. The molecule has 0 atom stereocenters. The molecule has 2 N–H and O–H groups in total. The van der Waals surface area contributed by atoms with Crippen molar-refractivity contribution < 1.29 is 12.8 Å². The van der Waals surface area contributed by atoms with Crippen LogP contribution < -0.4 is 5.73 Å². The van der Waals surface area contributed by atoms with Gasteiger partial charge in [-0.05, 0) is 6.07 Å². The van der Waals surface area contributed by atoms with Crippen LogP contribution in [0.25, 0.3) is 0 Å². The minimum Gasteiger partial charge on any atom is -0.448 e. The minimum absolute atomic E-state index is 0.0486. The van der Waals surface area contributed by atoms with Gasteiger partial charge in [0.25, 0.3) is 0 Å². The van der Waals surface area contributed by atoms with E-state index in [2.05, 4.69) is 4.42 Å². The van der Waals surface area contributed by atoms with E-state index < -0.39 is 9.84 Å². The Bertz CT molecular complexity index is 324. The van der Waals surface area contributed by atoms with Crippen molar-refractivity contribution in [2.45, 2.75) is 4.90 Å². The Balaban J connectivity index is 3.32. The fourth-order valence-corrected chi connectivity index (χ4v) is 1.33. The molecule has 1 aromatic heterocycles. The van der Waals surface area contributed by atoms with E-state index in [1.54, 1.807) is 0 Å². The molecule has 0 saturated heterocycles. The molecule has 10 heavy (non-hydrogen) atoms. The van der Waals surface area contributed by atoms with Crippen LogP contribution in [-0.2, 0) is 9.84 Å². The third-order valence-electron chi connectivity index (χ3n) is 1.06. The molecular formula is C5H7NO3S. The summed E-state index contributed by atoms with van der Waals surface area (Å²) in [6, 6.07) is 1.32. The van der Waals surface area contributed by atoms with E-state index in [4.69, 9.17) is 5.73 Å². The zero-order valence-corrected chi connectivity index (χ0v) is 6.18. The summed E-state index contributed by atoms with van der Waals surface area (Å²) in [5, 5.41) is 0. The molecule has 0 fully saturated rings. The first-order valence-corrected chi connectivity index (χ1v) is 4.44. The predicted octanol–water partition coefficient (Wildman–Crippen LogP) is 0.265. The van der Waals surface area contributed by atoms with Crippen molar-refractivity contribution in [3.05, 3.63) is 12.3 Å². The van der Waals surface area contributed by atoms with Crippen molar-refractivity contribution in [3.8, 4) is 0 Å². The van der Waals surface area contributed by atoms with Crippen LogP contribution in [0.3, 0.4) is 0 Å². The van der Waals surface area contributed by atoms with Gasteiger partial charge in [0.2, 0.25) is 5.88 Å². The van der Waals surface area contributed by atoms with Gasteiger partial charge in [-0.15, -0.1) is 0 Å². The maximum absolute atomic E-state index is 10.8. The number of hydrogen-bond donors (Lipinski definition) is 1. The summed E-state index contributed by atoms with van der Waals surface area (Å²) in [6.07, 6.45) is 2.32. The highest BCUT2D eigenvalue weighted by molar-refractivity contribution is 7.90. The average Bonchev–Trinajstić information content (AvgIpc) is 2.11. The number of furan rings is 1. The Labute approximate surface area is 58.6 Å². The smallest absolute Gasteiger partial charge is 0.208 e. The van der Waals surface area contributed by atoms with Crippen LogP contribution in [0.2, 0.25) is 0 Å². The molecule has 0 saturated carbocycles. The number of nitrogens with two attached hydrogens (primary N) is 1. The summed E-state index contributed by atoms with van der Waals surface area (Å²) in [5.74, 6) is -0.0532. The van der Waals surface area contributed by atoms with Crippen molar-refractivity contribution >= 4 is 15.7 Å². The van der Waals surface area contributed by atoms with E-state index in [-0.39, 0.29) is 10.8 Å². The fraction of sp³-hybridized carbons (Fsp3) is 0.200. The molecule has 0 aliphatic rings. The summed E-state index contributed by atoms with van der Waals surface area (Å²) in [4.78, 5) is 0.0486. The lowest BCUT2D eigenvalue weighted by Crippen LogP contribution is -1.98. The molecular weight excluding hydrogens is 154 g/mol. The van der Waals surface area contributed by atoms with Gasteiger partial charge < -0.3 is 10.2 Å². The van der Waals surface area contributed by atoms with E-state index in [9.17, 15) is 8.42 Å². The highest BCUT2D eigenvalue weighted by atomic mass is 32.2. The highest BCUT2D eigenvalue weighted by Gasteiger charge is 2.12. The Morgan fingerprint density at radius 3 is 2.40 bits per heavy atom. The molecule has 5 heteroatoms. The lowest BCUT2D eigenvalue weighted by atomic mass is 10.6. The Kier molecular flexibility index (Phi) is 1.44. The average molecular weight is 161 g/mol. The number of anilines is 1. The SMILES string of the molecule is CS(=O)(=O)c1ccoc1N. The van der Waals surface area contributed by atoms with E-state index in [1.165, 1.54) is 12.3 Å². The van der Waals surface area contributed by atoms with Gasteiger partial charge in [-0.3, -0.25) is 0 Å². The van der Waals surface area contributed by atoms with E-state index in [1.807, 2.05) is 0 Å². The predicted molar refractivity (Wildman–Crippen MR) is 36.2 cm³/mol. The summed E-state index contributed by atoms with van der Waals surface area (Å²) in [6.45, 7) is 0.